The van der Waals surface area contributed by atoms with Crippen LogP contribution in [-0.4, -0.2) is 23.9 Å². The quantitative estimate of drug-likeness (QED) is 0.504. The molecule has 1 aliphatic heterocycles. The molecule has 110 valence electrons. The molecule has 1 aliphatic rings. The molecule has 0 bridgehead atoms. The van der Waals surface area contributed by atoms with Gasteiger partial charge in [0.15, 0.2) is 0 Å². The fourth-order valence-electron chi connectivity index (χ4n) is 2.79. The molecule has 1 atom stereocenters. The first kappa shape index (κ1) is 14.9. The fourth-order valence-corrected chi connectivity index (χ4v) is 2.79. The van der Waals surface area contributed by atoms with E-state index >= 15 is 0 Å². The van der Waals surface area contributed by atoms with Crippen LogP contribution in [0.15, 0.2) is 18.2 Å². The highest BCUT2D eigenvalue weighted by molar-refractivity contribution is 5.93. The Kier molecular flexibility index (Phi) is 5.09. The second kappa shape index (κ2) is 6.81. The van der Waals surface area contributed by atoms with Gasteiger partial charge in [-0.25, -0.2) is 10.2 Å². The maximum Gasteiger partial charge on any atom is 0.265 e. The molecule has 1 unspecified atom stereocenters. The molecule has 1 saturated heterocycles. The first-order valence-electron chi connectivity index (χ1n) is 7.15. The maximum atomic E-state index is 13.9. The Morgan fingerprint density at radius 2 is 2.35 bits per heavy atom. The standard InChI is InChI=1S/C15H22FN3O/c1-2-11-4-3-7-19(9-11)10-13-8-12(15(20)18-17)5-6-14(13)16/h5-6,8,11H,2-4,7,9-10,17H2,1H3,(H,18,20). The molecule has 2 rings (SSSR count). The highest BCUT2D eigenvalue weighted by atomic mass is 19.1. The lowest BCUT2D eigenvalue weighted by Crippen LogP contribution is -2.35. The van der Waals surface area contributed by atoms with Crippen LogP contribution in [0.2, 0.25) is 0 Å². The molecular weight excluding hydrogens is 257 g/mol. The molecule has 0 aliphatic carbocycles. The van der Waals surface area contributed by atoms with Crippen molar-refractivity contribution in [3.8, 4) is 0 Å². The summed E-state index contributed by atoms with van der Waals surface area (Å²) < 4.78 is 13.9. The second-order valence-electron chi connectivity index (χ2n) is 5.43. The Bertz CT molecular complexity index is 478. The average molecular weight is 279 g/mol. The lowest BCUT2D eigenvalue weighted by atomic mass is 9.95. The summed E-state index contributed by atoms with van der Waals surface area (Å²) in [7, 11) is 0. The molecule has 20 heavy (non-hydrogen) atoms. The first-order chi connectivity index (χ1) is 9.63. The molecule has 3 N–H and O–H groups in total. The molecule has 1 fully saturated rings. The van der Waals surface area contributed by atoms with Crippen molar-refractivity contribution in [2.45, 2.75) is 32.7 Å². The van der Waals surface area contributed by atoms with E-state index in [0.29, 0.717) is 23.6 Å². The minimum absolute atomic E-state index is 0.266. The zero-order valence-electron chi connectivity index (χ0n) is 11.9. The average Bonchev–Trinajstić information content (AvgIpc) is 2.49. The van der Waals surface area contributed by atoms with Gasteiger partial charge < -0.3 is 0 Å². The van der Waals surface area contributed by atoms with Crippen LogP contribution >= 0.6 is 0 Å². The van der Waals surface area contributed by atoms with Gasteiger partial charge in [-0.3, -0.25) is 15.1 Å². The third kappa shape index (κ3) is 3.55. The van der Waals surface area contributed by atoms with Crippen LogP contribution in [0.4, 0.5) is 4.39 Å². The van der Waals surface area contributed by atoms with Gasteiger partial charge in [0.25, 0.3) is 5.91 Å². The van der Waals surface area contributed by atoms with Gasteiger partial charge in [-0.1, -0.05) is 13.3 Å². The molecule has 1 aromatic carbocycles. The third-order valence-corrected chi connectivity index (χ3v) is 4.01. The number of halogens is 1. The first-order valence-corrected chi connectivity index (χ1v) is 7.15. The molecule has 0 radical (unpaired) electrons. The van der Waals surface area contributed by atoms with Gasteiger partial charge in [0, 0.05) is 24.2 Å². The Labute approximate surface area is 119 Å². The van der Waals surface area contributed by atoms with E-state index in [1.165, 1.54) is 18.6 Å². The summed E-state index contributed by atoms with van der Waals surface area (Å²) >= 11 is 0. The van der Waals surface area contributed by atoms with Crippen LogP contribution in [0.1, 0.15) is 42.1 Å². The highest BCUT2D eigenvalue weighted by Gasteiger charge is 2.20. The number of hydrogen-bond donors (Lipinski definition) is 2. The van der Waals surface area contributed by atoms with Crippen molar-refractivity contribution in [3.05, 3.63) is 35.1 Å². The summed E-state index contributed by atoms with van der Waals surface area (Å²) in [5, 5.41) is 0. The minimum Gasteiger partial charge on any atom is -0.299 e. The fraction of sp³-hybridized carbons (Fsp3) is 0.533. The number of likely N-dealkylation sites (tertiary alicyclic amines) is 1. The van der Waals surface area contributed by atoms with Crippen molar-refractivity contribution in [2.24, 2.45) is 11.8 Å². The Morgan fingerprint density at radius 3 is 3.05 bits per heavy atom. The van der Waals surface area contributed by atoms with E-state index in [-0.39, 0.29) is 5.82 Å². The van der Waals surface area contributed by atoms with E-state index in [4.69, 9.17) is 5.84 Å². The normalized spacial score (nSPS) is 19.9. The van der Waals surface area contributed by atoms with Crippen molar-refractivity contribution >= 4 is 5.91 Å². The van der Waals surface area contributed by atoms with Crippen molar-refractivity contribution in [1.82, 2.24) is 10.3 Å². The monoisotopic (exact) mass is 279 g/mol. The van der Waals surface area contributed by atoms with Crippen LogP contribution < -0.4 is 11.3 Å². The van der Waals surface area contributed by atoms with Crippen molar-refractivity contribution < 1.29 is 9.18 Å². The summed E-state index contributed by atoms with van der Waals surface area (Å²) in [6, 6.07) is 4.38. The number of rotatable bonds is 4. The van der Waals surface area contributed by atoms with Crippen LogP contribution in [0, 0.1) is 11.7 Å². The molecule has 5 heteroatoms. The Hall–Kier alpha value is -1.46. The van der Waals surface area contributed by atoms with E-state index < -0.39 is 5.91 Å². The number of hydrazine groups is 1. The van der Waals surface area contributed by atoms with E-state index in [0.717, 1.165) is 25.9 Å². The summed E-state index contributed by atoms with van der Waals surface area (Å²) in [4.78, 5) is 13.8. The predicted molar refractivity (Wildman–Crippen MR) is 76.3 cm³/mol. The van der Waals surface area contributed by atoms with Crippen LogP contribution in [0.5, 0.6) is 0 Å². The molecule has 0 saturated carbocycles. The molecule has 1 heterocycles. The number of carbonyl (C=O) groups excluding carboxylic acids is 1. The smallest absolute Gasteiger partial charge is 0.265 e. The molecule has 1 amide bonds. The number of nitrogens with one attached hydrogen (secondary N) is 1. The van der Waals surface area contributed by atoms with E-state index in [1.54, 1.807) is 6.07 Å². The minimum atomic E-state index is -0.392. The predicted octanol–water partition coefficient (Wildman–Crippen LogP) is 2.05. The number of piperidine rings is 1. The summed E-state index contributed by atoms with van der Waals surface area (Å²) in [6.45, 7) is 4.74. The number of nitrogens with zero attached hydrogens (tertiary/aromatic N) is 1. The number of hydrogen-bond acceptors (Lipinski definition) is 3. The SMILES string of the molecule is CCC1CCCN(Cc2cc(C(=O)NN)ccc2F)C1. The van der Waals surface area contributed by atoms with Crippen molar-refractivity contribution in [2.75, 3.05) is 13.1 Å². The molecule has 0 aromatic heterocycles. The topological polar surface area (TPSA) is 58.4 Å². The summed E-state index contributed by atoms with van der Waals surface area (Å²) in [5.41, 5.74) is 3.03. The van der Waals surface area contributed by atoms with Crippen molar-refractivity contribution in [1.29, 1.82) is 0 Å². The number of benzene rings is 1. The highest BCUT2D eigenvalue weighted by Crippen LogP contribution is 2.22. The number of carbonyl (C=O) groups is 1. The maximum absolute atomic E-state index is 13.9. The largest absolute Gasteiger partial charge is 0.299 e. The zero-order chi connectivity index (χ0) is 14.5. The molecule has 0 spiro atoms. The van der Waals surface area contributed by atoms with Gasteiger partial charge in [0.1, 0.15) is 5.82 Å². The molecular formula is C15H22FN3O. The van der Waals surface area contributed by atoms with Gasteiger partial charge in [-0.15, -0.1) is 0 Å². The number of amides is 1. The van der Waals surface area contributed by atoms with Gasteiger partial charge >= 0.3 is 0 Å². The van der Waals surface area contributed by atoms with Gasteiger partial charge in [-0.2, -0.15) is 0 Å². The molecule has 4 nitrogen and oxygen atoms in total. The van der Waals surface area contributed by atoms with Gasteiger partial charge in [0.05, 0.1) is 0 Å². The van der Waals surface area contributed by atoms with E-state index in [2.05, 4.69) is 17.2 Å². The van der Waals surface area contributed by atoms with Crippen molar-refractivity contribution in [3.63, 3.8) is 0 Å². The lowest BCUT2D eigenvalue weighted by Gasteiger charge is -2.32. The third-order valence-electron chi connectivity index (χ3n) is 4.01. The van der Waals surface area contributed by atoms with E-state index in [9.17, 15) is 9.18 Å². The van der Waals surface area contributed by atoms with E-state index in [1.807, 2.05) is 0 Å². The Balaban J connectivity index is 2.10. The lowest BCUT2D eigenvalue weighted by molar-refractivity contribution is 0.0953. The second-order valence-corrected chi connectivity index (χ2v) is 5.43. The molecule has 1 aromatic rings. The van der Waals surface area contributed by atoms with Gasteiger partial charge in [-0.05, 0) is 43.5 Å². The number of nitrogens with two attached hydrogens (primary N) is 1. The van der Waals surface area contributed by atoms with Crippen LogP contribution in [0.3, 0.4) is 0 Å². The van der Waals surface area contributed by atoms with Gasteiger partial charge in [0.2, 0.25) is 0 Å². The summed E-state index contributed by atoms with van der Waals surface area (Å²) in [5.74, 6) is 5.15. The van der Waals surface area contributed by atoms with Crippen LogP contribution in [0.25, 0.3) is 0 Å². The number of nitrogen functional groups attached to an aromatic ring is 1. The van der Waals surface area contributed by atoms with Crippen LogP contribution in [-0.2, 0) is 6.54 Å². The Morgan fingerprint density at radius 1 is 1.55 bits per heavy atom. The zero-order valence-corrected chi connectivity index (χ0v) is 11.9. The summed E-state index contributed by atoms with van der Waals surface area (Å²) in [6.07, 6.45) is 3.57.